The minimum Gasteiger partial charge on any atom is -0.467 e. The van der Waals surface area contributed by atoms with E-state index >= 15 is 0 Å². The van der Waals surface area contributed by atoms with Crippen LogP contribution in [-0.4, -0.2) is 24.9 Å². The van der Waals surface area contributed by atoms with E-state index in [2.05, 4.69) is 10.6 Å². The third-order valence-corrected chi connectivity index (χ3v) is 1.98. The van der Waals surface area contributed by atoms with Crippen LogP contribution in [0.3, 0.4) is 0 Å². The summed E-state index contributed by atoms with van der Waals surface area (Å²) in [5, 5.41) is 5.05. The monoisotopic (exact) mass is 225 g/mol. The van der Waals surface area contributed by atoms with Crippen molar-refractivity contribution in [1.29, 1.82) is 0 Å². The lowest BCUT2D eigenvalue weighted by Crippen LogP contribution is -2.40. The molecule has 0 spiro atoms. The molecule has 16 heavy (non-hydrogen) atoms. The second kappa shape index (κ2) is 5.92. The van der Waals surface area contributed by atoms with Crippen LogP contribution in [0, 0.1) is 0 Å². The highest BCUT2D eigenvalue weighted by Crippen LogP contribution is 2.11. The van der Waals surface area contributed by atoms with E-state index in [0.717, 1.165) is 0 Å². The third-order valence-electron chi connectivity index (χ3n) is 1.98. The maximum Gasteiger partial charge on any atom is 0.239 e. The average molecular weight is 225 g/mol. The molecule has 1 aromatic heterocycles. The average Bonchev–Trinajstić information content (AvgIpc) is 2.79. The normalized spacial score (nSPS) is 11.9. The van der Waals surface area contributed by atoms with Crippen molar-refractivity contribution in [2.45, 2.75) is 13.0 Å². The van der Waals surface area contributed by atoms with Crippen molar-refractivity contribution in [2.75, 3.05) is 13.1 Å². The number of carbonyl (C=O) groups is 2. The lowest BCUT2D eigenvalue weighted by Gasteiger charge is -2.11. The maximum atomic E-state index is 11.4. The molecule has 1 aromatic rings. The lowest BCUT2D eigenvalue weighted by atomic mass is 10.2. The molecule has 0 aliphatic rings. The molecule has 1 rings (SSSR count). The second-order valence-corrected chi connectivity index (χ2v) is 3.29. The first kappa shape index (κ1) is 12.3. The topological polar surface area (TPSA) is 97.4 Å². The minimum atomic E-state index is -0.360. The molecule has 1 atom stereocenters. The van der Waals surface area contributed by atoms with Crippen molar-refractivity contribution in [3.8, 4) is 0 Å². The Morgan fingerprint density at radius 3 is 2.81 bits per heavy atom. The fourth-order valence-corrected chi connectivity index (χ4v) is 1.15. The van der Waals surface area contributed by atoms with Gasteiger partial charge in [-0.15, -0.1) is 0 Å². The van der Waals surface area contributed by atoms with Gasteiger partial charge in [0, 0.05) is 0 Å². The Kier molecular flexibility index (Phi) is 4.53. The zero-order valence-electron chi connectivity index (χ0n) is 9.03. The fourth-order valence-electron chi connectivity index (χ4n) is 1.15. The summed E-state index contributed by atoms with van der Waals surface area (Å²) in [6.45, 7) is 1.59. The van der Waals surface area contributed by atoms with E-state index < -0.39 is 0 Å². The van der Waals surface area contributed by atoms with Gasteiger partial charge in [0.25, 0.3) is 0 Å². The van der Waals surface area contributed by atoms with Crippen molar-refractivity contribution in [3.63, 3.8) is 0 Å². The van der Waals surface area contributed by atoms with Crippen LogP contribution in [0.15, 0.2) is 22.8 Å². The SMILES string of the molecule is C[C@@H](NC(=O)CNC(=O)CN)c1ccco1. The molecule has 0 radical (unpaired) electrons. The molecule has 0 saturated heterocycles. The van der Waals surface area contributed by atoms with Crippen LogP contribution in [0.4, 0.5) is 0 Å². The summed E-state index contributed by atoms with van der Waals surface area (Å²) in [5.41, 5.74) is 5.08. The Morgan fingerprint density at radius 2 is 2.25 bits per heavy atom. The molecule has 0 unspecified atom stereocenters. The smallest absolute Gasteiger partial charge is 0.239 e. The lowest BCUT2D eigenvalue weighted by molar-refractivity contribution is -0.125. The van der Waals surface area contributed by atoms with E-state index in [1.807, 2.05) is 0 Å². The van der Waals surface area contributed by atoms with Crippen LogP contribution in [0.2, 0.25) is 0 Å². The minimum absolute atomic E-state index is 0.0823. The number of hydrogen-bond acceptors (Lipinski definition) is 4. The summed E-state index contributed by atoms with van der Waals surface area (Å²) in [7, 11) is 0. The quantitative estimate of drug-likeness (QED) is 0.631. The predicted molar refractivity (Wildman–Crippen MR) is 57.3 cm³/mol. The van der Waals surface area contributed by atoms with E-state index in [-0.39, 0.29) is 30.9 Å². The van der Waals surface area contributed by atoms with Gasteiger partial charge in [-0.3, -0.25) is 9.59 Å². The number of nitrogens with one attached hydrogen (secondary N) is 2. The molecule has 88 valence electrons. The van der Waals surface area contributed by atoms with Gasteiger partial charge in [-0.1, -0.05) is 0 Å². The number of carbonyl (C=O) groups excluding carboxylic acids is 2. The highest BCUT2D eigenvalue weighted by molar-refractivity contribution is 5.85. The van der Waals surface area contributed by atoms with E-state index in [1.54, 1.807) is 19.1 Å². The highest BCUT2D eigenvalue weighted by Gasteiger charge is 2.11. The summed E-state index contributed by atoms with van der Waals surface area (Å²) in [6, 6.07) is 3.29. The first-order chi connectivity index (χ1) is 7.63. The van der Waals surface area contributed by atoms with Crippen LogP contribution in [0.1, 0.15) is 18.7 Å². The van der Waals surface area contributed by atoms with Gasteiger partial charge in [0.2, 0.25) is 11.8 Å². The molecule has 0 bridgehead atoms. The zero-order chi connectivity index (χ0) is 12.0. The zero-order valence-corrected chi connectivity index (χ0v) is 9.03. The molecule has 0 aliphatic heterocycles. The Labute approximate surface area is 93.2 Å². The van der Waals surface area contributed by atoms with E-state index in [0.29, 0.717) is 5.76 Å². The summed E-state index contributed by atoms with van der Waals surface area (Å²) in [6.07, 6.45) is 1.54. The van der Waals surface area contributed by atoms with Crippen molar-refractivity contribution in [2.24, 2.45) is 5.73 Å². The Hall–Kier alpha value is -1.82. The molecule has 6 nitrogen and oxygen atoms in total. The van der Waals surface area contributed by atoms with Crippen molar-refractivity contribution in [3.05, 3.63) is 24.2 Å². The van der Waals surface area contributed by atoms with Crippen LogP contribution in [0.5, 0.6) is 0 Å². The van der Waals surface area contributed by atoms with Gasteiger partial charge in [-0.25, -0.2) is 0 Å². The summed E-state index contributed by atoms with van der Waals surface area (Å²) < 4.78 is 5.12. The van der Waals surface area contributed by atoms with Gasteiger partial charge in [-0.05, 0) is 19.1 Å². The van der Waals surface area contributed by atoms with Gasteiger partial charge in [0.1, 0.15) is 5.76 Å². The number of furan rings is 1. The Morgan fingerprint density at radius 1 is 1.50 bits per heavy atom. The van der Waals surface area contributed by atoms with E-state index in [4.69, 9.17) is 10.2 Å². The van der Waals surface area contributed by atoms with Crippen molar-refractivity contribution in [1.82, 2.24) is 10.6 Å². The van der Waals surface area contributed by atoms with Gasteiger partial charge < -0.3 is 20.8 Å². The number of rotatable bonds is 5. The van der Waals surface area contributed by atoms with E-state index in [9.17, 15) is 9.59 Å². The predicted octanol–water partition coefficient (Wildman–Crippen LogP) is -0.468. The summed E-state index contributed by atoms with van der Waals surface area (Å²) >= 11 is 0. The maximum absolute atomic E-state index is 11.4. The summed E-state index contributed by atoms with van der Waals surface area (Å²) in [5.74, 6) is 0.0185. The largest absolute Gasteiger partial charge is 0.467 e. The number of amides is 2. The van der Waals surface area contributed by atoms with Crippen LogP contribution in [-0.2, 0) is 9.59 Å². The Bertz CT molecular complexity index is 348. The first-order valence-corrected chi connectivity index (χ1v) is 4.93. The van der Waals surface area contributed by atoms with Gasteiger partial charge in [0.15, 0.2) is 0 Å². The van der Waals surface area contributed by atoms with Crippen molar-refractivity contribution >= 4 is 11.8 Å². The van der Waals surface area contributed by atoms with Crippen LogP contribution in [0.25, 0.3) is 0 Å². The first-order valence-electron chi connectivity index (χ1n) is 4.93. The molecule has 2 amide bonds. The molecule has 1 heterocycles. The molecule has 6 heteroatoms. The molecular weight excluding hydrogens is 210 g/mol. The molecule has 0 aliphatic carbocycles. The molecule has 0 aromatic carbocycles. The van der Waals surface area contributed by atoms with E-state index in [1.165, 1.54) is 6.26 Å². The van der Waals surface area contributed by atoms with Gasteiger partial charge in [0.05, 0.1) is 25.4 Å². The molecular formula is C10H15N3O3. The number of hydrogen-bond donors (Lipinski definition) is 3. The standard InChI is InChI=1S/C10H15N3O3/c1-7(8-3-2-4-16-8)13-10(15)6-12-9(14)5-11/h2-4,7H,5-6,11H2,1H3,(H,12,14)(H,13,15)/t7-/m1/s1. The van der Waals surface area contributed by atoms with Gasteiger partial charge in [-0.2, -0.15) is 0 Å². The van der Waals surface area contributed by atoms with Crippen molar-refractivity contribution < 1.29 is 14.0 Å². The molecule has 0 fully saturated rings. The van der Waals surface area contributed by atoms with Crippen LogP contribution < -0.4 is 16.4 Å². The van der Waals surface area contributed by atoms with Crippen LogP contribution >= 0.6 is 0 Å². The summed E-state index contributed by atoms with van der Waals surface area (Å²) in [4.78, 5) is 22.2. The molecule has 4 N–H and O–H groups in total. The third kappa shape index (κ3) is 3.74. The number of nitrogens with two attached hydrogens (primary N) is 1. The second-order valence-electron chi connectivity index (χ2n) is 3.29. The molecule has 0 saturated carbocycles. The van der Waals surface area contributed by atoms with Gasteiger partial charge >= 0.3 is 0 Å². The fraction of sp³-hybridized carbons (Fsp3) is 0.400. The Balaban J connectivity index is 2.32. The highest BCUT2D eigenvalue weighted by atomic mass is 16.3.